The Kier molecular flexibility index (Phi) is 6.16. The van der Waals surface area contributed by atoms with Crippen LogP contribution in [0.4, 0.5) is 5.69 Å². The number of para-hydroxylation sites is 2. The van der Waals surface area contributed by atoms with Gasteiger partial charge in [-0.05, 0) is 67.6 Å². The average Bonchev–Trinajstić information content (AvgIpc) is 3.16. The molecule has 9 heteroatoms. The molecule has 0 aliphatic heterocycles. The Bertz CT molecular complexity index is 1360. The smallest absolute Gasteiger partial charge is 0.261 e. The van der Waals surface area contributed by atoms with E-state index in [1.165, 1.54) is 24.3 Å². The molecule has 1 aromatic heterocycles. The number of hydrogen-bond donors (Lipinski definition) is 2. The highest BCUT2D eigenvalue weighted by Gasteiger charge is 2.16. The Morgan fingerprint density at radius 2 is 1.69 bits per heavy atom. The third-order valence-electron chi connectivity index (χ3n) is 4.98. The summed E-state index contributed by atoms with van der Waals surface area (Å²) in [5.74, 6) is 0.447. The summed E-state index contributed by atoms with van der Waals surface area (Å²) in [6.07, 6.45) is 0. The molecule has 1 heterocycles. The van der Waals surface area contributed by atoms with E-state index in [2.05, 4.69) is 15.0 Å². The van der Waals surface area contributed by atoms with Gasteiger partial charge in [0.2, 0.25) is 0 Å². The molecule has 0 atom stereocenters. The molecule has 0 radical (unpaired) electrons. The van der Waals surface area contributed by atoms with Crippen molar-refractivity contribution >= 4 is 44.3 Å². The number of amides is 1. The van der Waals surface area contributed by atoms with Crippen molar-refractivity contribution in [1.29, 1.82) is 0 Å². The molecule has 4 aromatic rings. The fourth-order valence-electron chi connectivity index (χ4n) is 3.39. The molecular formula is C23H21ClN4O3S. The van der Waals surface area contributed by atoms with Gasteiger partial charge in [-0.1, -0.05) is 23.7 Å². The predicted molar refractivity (Wildman–Crippen MR) is 125 cm³/mol. The summed E-state index contributed by atoms with van der Waals surface area (Å²) in [5.41, 5.74) is 2.65. The zero-order valence-corrected chi connectivity index (χ0v) is 18.8. The molecule has 2 N–H and O–H groups in total. The van der Waals surface area contributed by atoms with Gasteiger partial charge in [0.05, 0.1) is 22.5 Å². The molecular weight excluding hydrogens is 448 g/mol. The third kappa shape index (κ3) is 4.61. The molecule has 7 nitrogen and oxygen atoms in total. The zero-order valence-electron chi connectivity index (χ0n) is 17.2. The van der Waals surface area contributed by atoms with Crippen molar-refractivity contribution in [1.82, 2.24) is 14.9 Å². The van der Waals surface area contributed by atoms with Crippen LogP contribution < -0.4 is 10.0 Å². The number of anilines is 1. The number of aromatic nitrogens is 2. The van der Waals surface area contributed by atoms with Gasteiger partial charge in [0.1, 0.15) is 5.82 Å². The number of rotatable bonds is 7. The fraction of sp³-hybridized carbons (Fsp3) is 0.130. The van der Waals surface area contributed by atoms with Crippen molar-refractivity contribution < 1.29 is 13.2 Å². The summed E-state index contributed by atoms with van der Waals surface area (Å²) in [5, 5.41) is 3.37. The largest absolute Gasteiger partial charge is 0.345 e. The highest BCUT2D eigenvalue weighted by molar-refractivity contribution is 7.92. The first-order chi connectivity index (χ1) is 15.4. The van der Waals surface area contributed by atoms with Gasteiger partial charge in [-0.3, -0.25) is 9.52 Å². The molecule has 1 amide bonds. The number of imidazole rings is 1. The topological polar surface area (TPSA) is 93.1 Å². The van der Waals surface area contributed by atoms with Gasteiger partial charge < -0.3 is 9.88 Å². The van der Waals surface area contributed by atoms with E-state index in [4.69, 9.17) is 11.6 Å². The van der Waals surface area contributed by atoms with Crippen molar-refractivity contribution in [2.24, 2.45) is 0 Å². The molecule has 0 saturated heterocycles. The molecule has 0 bridgehead atoms. The van der Waals surface area contributed by atoms with Crippen LogP contribution in [0.5, 0.6) is 0 Å². The maximum atomic E-state index is 12.6. The molecule has 0 unspecified atom stereocenters. The Balaban J connectivity index is 1.45. The molecule has 0 spiro atoms. The van der Waals surface area contributed by atoms with Crippen LogP contribution >= 0.6 is 11.6 Å². The highest BCUT2D eigenvalue weighted by Crippen LogP contribution is 2.19. The summed E-state index contributed by atoms with van der Waals surface area (Å²) >= 11 is 5.83. The number of halogens is 1. The number of sulfonamides is 1. The summed E-state index contributed by atoms with van der Waals surface area (Å²) < 4.78 is 29.7. The van der Waals surface area contributed by atoms with Crippen LogP contribution in [0.3, 0.4) is 0 Å². The number of nitrogens with zero attached hydrogens (tertiary/aromatic N) is 2. The van der Waals surface area contributed by atoms with Gasteiger partial charge >= 0.3 is 0 Å². The summed E-state index contributed by atoms with van der Waals surface area (Å²) in [6, 6.07) is 19.9. The Labute approximate surface area is 191 Å². The van der Waals surface area contributed by atoms with E-state index < -0.39 is 10.0 Å². The normalized spacial score (nSPS) is 11.4. The lowest BCUT2D eigenvalue weighted by molar-refractivity contribution is 0.0949. The van der Waals surface area contributed by atoms with Crippen LogP contribution in [0.1, 0.15) is 23.1 Å². The van der Waals surface area contributed by atoms with Crippen LogP contribution in [0.25, 0.3) is 11.0 Å². The van der Waals surface area contributed by atoms with Gasteiger partial charge in [0.15, 0.2) is 0 Å². The van der Waals surface area contributed by atoms with Gasteiger partial charge in [-0.15, -0.1) is 0 Å². The Morgan fingerprint density at radius 3 is 2.38 bits per heavy atom. The van der Waals surface area contributed by atoms with E-state index in [1.807, 2.05) is 35.8 Å². The second-order valence-corrected chi connectivity index (χ2v) is 9.20. The number of fused-ring (bicyclic) bond motifs is 1. The van der Waals surface area contributed by atoms with Gasteiger partial charge in [-0.25, -0.2) is 13.4 Å². The molecule has 0 aliphatic rings. The van der Waals surface area contributed by atoms with E-state index in [0.29, 0.717) is 16.3 Å². The van der Waals surface area contributed by atoms with Gasteiger partial charge in [0, 0.05) is 22.8 Å². The van der Waals surface area contributed by atoms with E-state index in [-0.39, 0.29) is 17.3 Å². The second-order valence-electron chi connectivity index (χ2n) is 7.08. The minimum Gasteiger partial charge on any atom is -0.345 e. The van der Waals surface area contributed by atoms with Crippen LogP contribution in [0.15, 0.2) is 77.7 Å². The number of aryl methyl sites for hydroxylation is 1. The summed E-state index contributed by atoms with van der Waals surface area (Å²) in [7, 11) is -3.79. The molecule has 32 heavy (non-hydrogen) atoms. The SMILES string of the molecule is CCn1c(CNC(=O)c2ccc(S(=O)(=O)Nc3ccc(Cl)cc3)cc2)nc2ccccc21. The number of benzene rings is 3. The molecule has 0 saturated carbocycles. The number of carbonyl (C=O) groups is 1. The third-order valence-corrected chi connectivity index (χ3v) is 6.63. The average molecular weight is 469 g/mol. The standard InChI is InChI=1S/C23H21ClN4O3S/c1-2-28-21-6-4-3-5-20(21)26-22(28)15-25-23(29)16-7-13-19(14-8-16)32(30,31)27-18-11-9-17(24)10-12-18/h3-14,27H,2,15H2,1H3,(H,25,29). The molecule has 4 rings (SSSR count). The van der Waals surface area contributed by atoms with Crippen molar-refractivity contribution in [2.75, 3.05) is 4.72 Å². The number of nitrogens with one attached hydrogen (secondary N) is 2. The van der Waals surface area contributed by atoms with Crippen LogP contribution in [-0.2, 0) is 23.1 Å². The maximum absolute atomic E-state index is 12.6. The van der Waals surface area contributed by atoms with Crippen molar-refractivity contribution in [3.8, 4) is 0 Å². The van der Waals surface area contributed by atoms with Crippen molar-refractivity contribution in [2.45, 2.75) is 24.9 Å². The highest BCUT2D eigenvalue weighted by atomic mass is 35.5. The number of hydrogen-bond acceptors (Lipinski definition) is 4. The molecule has 0 aliphatic carbocycles. The minimum absolute atomic E-state index is 0.0526. The second kappa shape index (κ2) is 9.02. The zero-order chi connectivity index (χ0) is 22.7. The van der Waals surface area contributed by atoms with Crippen molar-refractivity contribution in [3.63, 3.8) is 0 Å². The first kappa shape index (κ1) is 21.9. The predicted octanol–water partition coefficient (Wildman–Crippen LogP) is 4.44. The number of carbonyl (C=O) groups excluding carboxylic acids is 1. The van der Waals surface area contributed by atoms with E-state index >= 15 is 0 Å². The Hall–Kier alpha value is -3.36. The summed E-state index contributed by atoms with van der Waals surface area (Å²) in [6.45, 7) is 3.02. The van der Waals surface area contributed by atoms with Crippen LogP contribution in [-0.4, -0.2) is 23.9 Å². The van der Waals surface area contributed by atoms with Crippen LogP contribution in [0, 0.1) is 0 Å². The lowest BCUT2D eigenvalue weighted by Gasteiger charge is -2.10. The van der Waals surface area contributed by atoms with Gasteiger partial charge in [0.25, 0.3) is 15.9 Å². The fourth-order valence-corrected chi connectivity index (χ4v) is 4.58. The quantitative estimate of drug-likeness (QED) is 0.419. The maximum Gasteiger partial charge on any atom is 0.261 e. The lowest BCUT2D eigenvalue weighted by Crippen LogP contribution is -2.24. The summed E-state index contributed by atoms with van der Waals surface area (Å²) in [4.78, 5) is 17.2. The lowest BCUT2D eigenvalue weighted by atomic mass is 10.2. The molecule has 164 valence electrons. The molecule has 0 fully saturated rings. The van der Waals surface area contributed by atoms with E-state index in [9.17, 15) is 13.2 Å². The first-order valence-electron chi connectivity index (χ1n) is 9.98. The first-order valence-corrected chi connectivity index (χ1v) is 11.8. The van der Waals surface area contributed by atoms with Gasteiger partial charge in [-0.2, -0.15) is 0 Å². The minimum atomic E-state index is -3.79. The van der Waals surface area contributed by atoms with E-state index in [1.54, 1.807) is 24.3 Å². The monoisotopic (exact) mass is 468 g/mol. The van der Waals surface area contributed by atoms with E-state index in [0.717, 1.165) is 23.4 Å². The Morgan fingerprint density at radius 1 is 1.00 bits per heavy atom. The van der Waals surface area contributed by atoms with Crippen molar-refractivity contribution in [3.05, 3.63) is 89.2 Å². The molecule has 3 aromatic carbocycles. The van der Waals surface area contributed by atoms with Crippen LogP contribution in [0.2, 0.25) is 5.02 Å².